The lowest BCUT2D eigenvalue weighted by molar-refractivity contribution is 0.251. The third-order valence-electron chi connectivity index (χ3n) is 3.54. The summed E-state index contributed by atoms with van der Waals surface area (Å²) in [7, 11) is 0. The Balaban J connectivity index is 2.19. The Morgan fingerprint density at radius 2 is 2.00 bits per heavy atom. The van der Waals surface area contributed by atoms with Gasteiger partial charge in [-0.25, -0.2) is 0 Å². The van der Waals surface area contributed by atoms with Crippen molar-refractivity contribution >= 4 is 0 Å². The van der Waals surface area contributed by atoms with Crippen LogP contribution in [0, 0.1) is 5.92 Å². The zero-order chi connectivity index (χ0) is 11.8. The normalized spacial score (nSPS) is 20.8. The van der Waals surface area contributed by atoms with E-state index in [0.29, 0.717) is 5.92 Å². The average molecular weight is 221 g/mol. The van der Waals surface area contributed by atoms with Gasteiger partial charge in [0.15, 0.2) is 0 Å². The molecule has 1 aliphatic rings. The van der Waals surface area contributed by atoms with Crippen LogP contribution in [-0.2, 0) is 0 Å². The molecule has 1 heterocycles. The van der Waals surface area contributed by atoms with Crippen LogP contribution in [0.15, 0.2) is 24.3 Å². The summed E-state index contributed by atoms with van der Waals surface area (Å²) in [5.74, 6) is 0.651. The first-order valence-electron chi connectivity index (χ1n) is 6.73. The molecule has 1 aliphatic heterocycles. The van der Waals surface area contributed by atoms with E-state index in [2.05, 4.69) is 37.5 Å². The second-order valence-corrected chi connectivity index (χ2v) is 5.16. The number of likely N-dealkylation sites (tertiary alicyclic amines) is 1. The molecule has 1 nitrogen and oxygen atoms in total. The van der Waals surface area contributed by atoms with Crippen LogP contribution in [-0.4, -0.2) is 24.5 Å². The summed E-state index contributed by atoms with van der Waals surface area (Å²) in [6, 6.07) is 0. The first kappa shape index (κ1) is 13.5. The maximum Gasteiger partial charge on any atom is 0.0165 e. The number of nitrogens with zero attached hydrogens (tertiary/aromatic N) is 1. The molecule has 0 radical (unpaired) electrons. The molecule has 92 valence electrons. The molecule has 1 atom stereocenters. The van der Waals surface area contributed by atoms with Crippen LogP contribution in [0.25, 0.3) is 0 Å². The van der Waals surface area contributed by atoms with E-state index in [1.165, 1.54) is 45.2 Å². The Morgan fingerprint density at radius 3 is 2.62 bits per heavy atom. The van der Waals surface area contributed by atoms with Gasteiger partial charge in [-0.05, 0) is 51.6 Å². The molecule has 0 aliphatic carbocycles. The highest BCUT2D eigenvalue weighted by molar-refractivity contribution is 5.00. The zero-order valence-corrected chi connectivity index (χ0v) is 11.0. The number of piperidine rings is 1. The van der Waals surface area contributed by atoms with E-state index < -0.39 is 0 Å². The van der Waals surface area contributed by atoms with Crippen molar-refractivity contribution in [1.29, 1.82) is 0 Å². The molecule has 0 aromatic carbocycles. The molecule has 1 saturated heterocycles. The number of allylic oxidation sites excluding steroid dienone is 2. The van der Waals surface area contributed by atoms with E-state index in [1.54, 1.807) is 5.57 Å². The predicted octanol–water partition coefficient (Wildman–Crippen LogP) is 4.02. The van der Waals surface area contributed by atoms with Gasteiger partial charge < -0.3 is 0 Å². The minimum absolute atomic E-state index is 0.651. The van der Waals surface area contributed by atoms with Gasteiger partial charge in [-0.2, -0.15) is 0 Å². The summed E-state index contributed by atoms with van der Waals surface area (Å²) in [5, 5.41) is 0. The Bertz CT molecular complexity index is 224. The summed E-state index contributed by atoms with van der Waals surface area (Å²) >= 11 is 0. The van der Waals surface area contributed by atoms with Crippen molar-refractivity contribution in [2.24, 2.45) is 5.92 Å². The molecule has 0 aromatic heterocycles. The summed E-state index contributed by atoms with van der Waals surface area (Å²) in [4.78, 5) is 2.57. The Hall–Kier alpha value is -0.560. The Labute approximate surface area is 101 Å². The van der Waals surface area contributed by atoms with Gasteiger partial charge in [0.25, 0.3) is 0 Å². The second kappa shape index (κ2) is 7.67. The van der Waals surface area contributed by atoms with Crippen LogP contribution in [0.3, 0.4) is 0 Å². The summed E-state index contributed by atoms with van der Waals surface area (Å²) in [5.41, 5.74) is 1.54. The SMILES string of the molecule is C=CC(C)CCC(C)=CCN1CCCCC1. The van der Waals surface area contributed by atoms with Gasteiger partial charge >= 0.3 is 0 Å². The topological polar surface area (TPSA) is 3.24 Å². The smallest absolute Gasteiger partial charge is 0.0165 e. The van der Waals surface area contributed by atoms with Crippen LogP contribution in [0.5, 0.6) is 0 Å². The van der Waals surface area contributed by atoms with E-state index >= 15 is 0 Å². The van der Waals surface area contributed by atoms with Crippen LogP contribution >= 0.6 is 0 Å². The van der Waals surface area contributed by atoms with Crippen molar-refractivity contribution in [2.75, 3.05) is 19.6 Å². The van der Waals surface area contributed by atoms with Gasteiger partial charge in [-0.15, -0.1) is 6.58 Å². The molecule has 0 bridgehead atoms. The monoisotopic (exact) mass is 221 g/mol. The van der Waals surface area contributed by atoms with Crippen LogP contribution in [0.4, 0.5) is 0 Å². The highest BCUT2D eigenvalue weighted by Crippen LogP contribution is 2.13. The highest BCUT2D eigenvalue weighted by atomic mass is 15.1. The van der Waals surface area contributed by atoms with Crippen molar-refractivity contribution in [3.05, 3.63) is 24.3 Å². The molecule has 1 fully saturated rings. The maximum absolute atomic E-state index is 3.83. The molecule has 0 N–H and O–H groups in total. The van der Waals surface area contributed by atoms with E-state index in [-0.39, 0.29) is 0 Å². The van der Waals surface area contributed by atoms with E-state index in [4.69, 9.17) is 0 Å². The molecule has 1 rings (SSSR count). The van der Waals surface area contributed by atoms with E-state index in [0.717, 1.165) is 6.54 Å². The third kappa shape index (κ3) is 5.50. The van der Waals surface area contributed by atoms with Gasteiger partial charge in [-0.3, -0.25) is 4.90 Å². The fourth-order valence-corrected chi connectivity index (χ4v) is 2.10. The molecule has 1 unspecified atom stereocenters. The van der Waals surface area contributed by atoms with Gasteiger partial charge in [0.05, 0.1) is 0 Å². The first-order chi connectivity index (χ1) is 7.72. The molecule has 0 saturated carbocycles. The molecule has 16 heavy (non-hydrogen) atoms. The number of rotatable bonds is 6. The fourth-order valence-electron chi connectivity index (χ4n) is 2.10. The van der Waals surface area contributed by atoms with Crippen LogP contribution in [0.2, 0.25) is 0 Å². The largest absolute Gasteiger partial charge is 0.300 e. The highest BCUT2D eigenvalue weighted by Gasteiger charge is 2.07. The molecule has 0 spiro atoms. The summed E-state index contributed by atoms with van der Waals surface area (Å²) in [6.45, 7) is 12.1. The van der Waals surface area contributed by atoms with Crippen molar-refractivity contribution in [3.8, 4) is 0 Å². The third-order valence-corrected chi connectivity index (χ3v) is 3.54. The fraction of sp³-hybridized carbons (Fsp3) is 0.733. The quantitative estimate of drug-likeness (QED) is 0.612. The molecular weight excluding hydrogens is 194 g/mol. The maximum atomic E-state index is 3.83. The lowest BCUT2D eigenvalue weighted by Gasteiger charge is -2.25. The van der Waals surface area contributed by atoms with E-state index in [1.807, 2.05) is 0 Å². The van der Waals surface area contributed by atoms with Gasteiger partial charge in [0, 0.05) is 6.54 Å². The predicted molar refractivity (Wildman–Crippen MR) is 72.6 cm³/mol. The number of hydrogen-bond acceptors (Lipinski definition) is 1. The van der Waals surface area contributed by atoms with Crippen molar-refractivity contribution in [3.63, 3.8) is 0 Å². The summed E-state index contributed by atoms with van der Waals surface area (Å²) in [6.07, 6.45) is 11.1. The molecule has 0 amide bonds. The van der Waals surface area contributed by atoms with Gasteiger partial charge in [0.1, 0.15) is 0 Å². The zero-order valence-electron chi connectivity index (χ0n) is 11.0. The van der Waals surface area contributed by atoms with Crippen LogP contribution in [0.1, 0.15) is 46.0 Å². The number of hydrogen-bond donors (Lipinski definition) is 0. The van der Waals surface area contributed by atoms with Gasteiger partial charge in [-0.1, -0.05) is 31.1 Å². The standard InChI is InChI=1S/C15H27N/c1-4-14(2)8-9-15(3)10-13-16-11-6-5-7-12-16/h4,10,14H,1,5-9,11-13H2,2-3H3. The van der Waals surface area contributed by atoms with Crippen molar-refractivity contribution < 1.29 is 0 Å². The van der Waals surface area contributed by atoms with E-state index in [9.17, 15) is 0 Å². The molecular formula is C15H27N. The Kier molecular flexibility index (Phi) is 6.47. The summed E-state index contributed by atoms with van der Waals surface area (Å²) < 4.78 is 0. The lowest BCUT2D eigenvalue weighted by atomic mass is 10.0. The van der Waals surface area contributed by atoms with Crippen molar-refractivity contribution in [1.82, 2.24) is 4.90 Å². The minimum Gasteiger partial charge on any atom is -0.300 e. The molecule has 1 heteroatoms. The van der Waals surface area contributed by atoms with Crippen LogP contribution < -0.4 is 0 Å². The lowest BCUT2D eigenvalue weighted by Crippen LogP contribution is -2.29. The minimum atomic E-state index is 0.651. The second-order valence-electron chi connectivity index (χ2n) is 5.16. The Morgan fingerprint density at radius 1 is 1.31 bits per heavy atom. The molecule has 0 aromatic rings. The van der Waals surface area contributed by atoms with Crippen molar-refractivity contribution in [2.45, 2.75) is 46.0 Å². The van der Waals surface area contributed by atoms with Gasteiger partial charge in [0.2, 0.25) is 0 Å². The average Bonchev–Trinajstić information content (AvgIpc) is 2.34. The first-order valence-corrected chi connectivity index (χ1v) is 6.73.